The Hall–Kier alpha value is -1.14. The van der Waals surface area contributed by atoms with E-state index < -0.39 is 4.92 Å². The maximum Gasteiger partial charge on any atom is 0.271 e. The van der Waals surface area contributed by atoms with Crippen molar-refractivity contribution in [2.75, 3.05) is 7.11 Å². The van der Waals surface area contributed by atoms with E-state index in [0.29, 0.717) is 15.8 Å². The molecule has 0 bridgehead atoms. The molecule has 0 aliphatic heterocycles. The number of benzene rings is 1. The second kappa shape index (κ2) is 4.39. The van der Waals surface area contributed by atoms with Crippen LogP contribution in [-0.4, -0.2) is 17.1 Å². The quantitative estimate of drug-likeness (QED) is 0.666. The summed E-state index contributed by atoms with van der Waals surface area (Å²) in [5.41, 5.74) is 0.301. The van der Waals surface area contributed by atoms with Crippen molar-refractivity contribution in [1.29, 1.82) is 0 Å². The Balaban J connectivity index is 3.31. The highest BCUT2D eigenvalue weighted by molar-refractivity contribution is 9.10. The van der Waals surface area contributed by atoms with Gasteiger partial charge in [-0.3, -0.25) is 10.1 Å². The first-order chi connectivity index (χ1) is 6.60. The average Bonchev–Trinajstić information content (AvgIpc) is 2.16. The molecule has 0 amide bonds. The molecule has 14 heavy (non-hydrogen) atoms. The first-order valence-corrected chi connectivity index (χ1v) is 4.51. The molecular formula is C8H8BrNO4. The first kappa shape index (κ1) is 10.9. The van der Waals surface area contributed by atoms with Crippen molar-refractivity contribution in [2.24, 2.45) is 0 Å². The Kier molecular flexibility index (Phi) is 3.43. The van der Waals surface area contributed by atoms with Gasteiger partial charge >= 0.3 is 0 Å². The second-order valence-electron chi connectivity index (χ2n) is 2.54. The number of nitro benzene ring substituents is 1. The van der Waals surface area contributed by atoms with Crippen LogP contribution in [0.2, 0.25) is 0 Å². The molecule has 5 nitrogen and oxygen atoms in total. The van der Waals surface area contributed by atoms with Gasteiger partial charge in [-0.2, -0.15) is 0 Å². The van der Waals surface area contributed by atoms with E-state index in [9.17, 15) is 10.1 Å². The van der Waals surface area contributed by atoms with Crippen LogP contribution in [0.25, 0.3) is 0 Å². The summed E-state index contributed by atoms with van der Waals surface area (Å²) in [5.74, 6) is 0.415. The first-order valence-electron chi connectivity index (χ1n) is 3.71. The van der Waals surface area contributed by atoms with Crippen molar-refractivity contribution in [2.45, 2.75) is 6.61 Å². The number of methoxy groups -OCH3 is 1. The number of hydrogen-bond donors (Lipinski definition) is 1. The molecule has 0 unspecified atom stereocenters. The van der Waals surface area contributed by atoms with Crippen molar-refractivity contribution < 1.29 is 14.8 Å². The highest BCUT2D eigenvalue weighted by Gasteiger charge is 2.14. The highest BCUT2D eigenvalue weighted by atomic mass is 79.9. The molecule has 0 saturated heterocycles. The minimum atomic E-state index is -0.524. The van der Waals surface area contributed by atoms with Crippen LogP contribution in [0.3, 0.4) is 0 Å². The molecule has 0 fully saturated rings. The molecule has 1 aromatic carbocycles. The van der Waals surface area contributed by atoms with Gasteiger partial charge in [0.2, 0.25) is 0 Å². The molecule has 0 aromatic heterocycles. The third-order valence-electron chi connectivity index (χ3n) is 1.69. The lowest BCUT2D eigenvalue weighted by atomic mass is 10.2. The molecule has 1 N–H and O–H groups in total. The molecule has 1 rings (SSSR count). The molecule has 0 atom stereocenters. The molecule has 0 saturated carbocycles. The third kappa shape index (κ3) is 2.02. The van der Waals surface area contributed by atoms with Gasteiger partial charge in [0, 0.05) is 17.7 Å². The van der Waals surface area contributed by atoms with E-state index in [0.717, 1.165) is 0 Å². The zero-order valence-electron chi connectivity index (χ0n) is 7.36. The smallest absolute Gasteiger partial charge is 0.271 e. The number of rotatable bonds is 3. The predicted octanol–water partition coefficient (Wildman–Crippen LogP) is 1.86. The summed E-state index contributed by atoms with van der Waals surface area (Å²) in [7, 11) is 1.44. The fourth-order valence-corrected chi connectivity index (χ4v) is 1.74. The van der Waals surface area contributed by atoms with Gasteiger partial charge < -0.3 is 9.84 Å². The van der Waals surface area contributed by atoms with Gasteiger partial charge in [0.15, 0.2) is 0 Å². The van der Waals surface area contributed by atoms with Gasteiger partial charge in [-0.05, 0) is 15.9 Å². The van der Waals surface area contributed by atoms with Crippen LogP contribution in [0.4, 0.5) is 5.69 Å². The van der Waals surface area contributed by atoms with Crippen LogP contribution in [0.15, 0.2) is 16.6 Å². The summed E-state index contributed by atoms with van der Waals surface area (Å²) in [6, 6.07) is 2.61. The number of ether oxygens (including phenoxy) is 1. The summed E-state index contributed by atoms with van der Waals surface area (Å²) in [5, 5.41) is 19.4. The lowest BCUT2D eigenvalue weighted by Gasteiger charge is -2.07. The Bertz CT molecular complexity index is 367. The van der Waals surface area contributed by atoms with Crippen LogP contribution >= 0.6 is 15.9 Å². The minimum Gasteiger partial charge on any atom is -0.495 e. The van der Waals surface area contributed by atoms with Crippen molar-refractivity contribution in [3.05, 3.63) is 32.3 Å². The standard InChI is InChI=1S/C8H8BrNO4/c1-14-8-5(4-11)2-6(10(12)13)3-7(8)9/h2-3,11H,4H2,1H3. The molecule has 0 heterocycles. The van der Waals surface area contributed by atoms with E-state index in [-0.39, 0.29) is 12.3 Å². The Morgan fingerprint density at radius 1 is 1.64 bits per heavy atom. The maximum atomic E-state index is 10.5. The van der Waals surface area contributed by atoms with E-state index >= 15 is 0 Å². The van der Waals surface area contributed by atoms with Gasteiger partial charge in [-0.1, -0.05) is 0 Å². The molecule has 0 radical (unpaired) electrons. The number of nitrogens with zero attached hydrogens (tertiary/aromatic N) is 1. The zero-order valence-corrected chi connectivity index (χ0v) is 8.94. The van der Waals surface area contributed by atoms with E-state index in [1.807, 2.05) is 0 Å². The van der Waals surface area contributed by atoms with Crippen LogP contribution in [-0.2, 0) is 6.61 Å². The van der Waals surface area contributed by atoms with Gasteiger partial charge in [0.1, 0.15) is 5.75 Å². The van der Waals surface area contributed by atoms with Crippen molar-refractivity contribution in [3.8, 4) is 5.75 Å². The van der Waals surface area contributed by atoms with E-state index in [2.05, 4.69) is 15.9 Å². The second-order valence-corrected chi connectivity index (χ2v) is 3.39. The zero-order chi connectivity index (χ0) is 10.7. The minimum absolute atomic E-state index is 0.0817. The number of non-ortho nitro benzene ring substituents is 1. The van der Waals surface area contributed by atoms with E-state index in [1.54, 1.807) is 0 Å². The highest BCUT2D eigenvalue weighted by Crippen LogP contribution is 2.33. The topological polar surface area (TPSA) is 72.6 Å². The predicted molar refractivity (Wildman–Crippen MR) is 53.3 cm³/mol. The lowest BCUT2D eigenvalue weighted by molar-refractivity contribution is -0.385. The van der Waals surface area contributed by atoms with Crippen molar-refractivity contribution in [1.82, 2.24) is 0 Å². The summed E-state index contributed by atoms with van der Waals surface area (Å²) < 4.78 is 5.43. The normalized spacial score (nSPS) is 9.93. The average molecular weight is 262 g/mol. The molecular weight excluding hydrogens is 254 g/mol. The van der Waals surface area contributed by atoms with Gasteiger partial charge in [0.25, 0.3) is 5.69 Å². The molecule has 0 aliphatic rings. The van der Waals surface area contributed by atoms with Crippen molar-refractivity contribution in [3.63, 3.8) is 0 Å². The SMILES string of the molecule is COc1c(Br)cc([N+](=O)[O-])cc1CO. The summed E-state index contributed by atoms with van der Waals surface area (Å²) in [6.07, 6.45) is 0. The van der Waals surface area contributed by atoms with Crippen LogP contribution in [0.1, 0.15) is 5.56 Å². The largest absolute Gasteiger partial charge is 0.495 e. The molecule has 0 aliphatic carbocycles. The molecule has 0 spiro atoms. The third-order valence-corrected chi connectivity index (χ3v) is 2.28. The van der Waals surface area contributed by atoms with E-state index in [1.165, 1.54) is 19.2 Å². The number of hydrogen-bond acceptors (Lipinski definition) is 4. The van der Waals surface area contributed by atoms with Gasteiger partial charge in [-0.25, -0.2) is 0 Å². The number of aliphatic hydroxyl groups excluding tert-OH is 1. The molecule has 6 heteroatoms. The monoisotopic (exact) mass is 261 g/mol. The number of halogens is 1. The van der Waals surface area contributed by atoms with Crippen molar-refractivity contribution >= 4 is 21.6 Å². The molecule has 1 aromatic rings. The Morgan fingerprint density at radius 3 is 2.71 bits per heavy atom. The number of nitro groups is 1. The Labute approximate surface area is 88.6 Å². The van der Waals surface area contributed by atoms with Gasteiger partial charge in [0.05, 0.1) is 23.1 Å². The van der Waals surface area contributed by atoms with Gasteiger partial charge in [-0.15, -0.1) is 0 Å². The van der Waals surface area contributed by atoms with E-state index in [4.69, 9.17) is 9.84 Å². The number of aliphatic hydroxyl groups is 1. The summed E-state index contributed by atoms with van der Waals surface area (Å²) in [4.78, 5) is 9.96. The fraction of sp³-hybridized carbons (Fsp3) is 0.250. The Morgan fingerprint density at radius 2 is 2.29 bits per heavy atom. The molecule has 76 valence electrons. The fourth-order valence-electron chi connectivity index (χ4n) is 1.09. The summed E-state index contributed by atoms with van der Waals surface area (Å²) in [6.45, 7) is -0.302. The van der Waals surface area contributed by atoms with Crippen LogP contribution < -0.4 is 4.74 Å². The van der Waals surface area contributed by atoms with Crippen LogP contribution in [0, 0.1) is 10.1 Å². The lowest BCUT2D eigenvalue weighted by Crippen LogP contribution is -1.96. The maximum absolute atomic E-state index is 10.5. The summed E-state index contributed by atoms with van der Waals surface area (Å²) >= 11 is 3.13. The van der Waals surface area contributed by atoms with Crippen LogP contribution in [0.5, 0.6) is 5.75 Å².